The van der Waals surface area contributed by atoms with E-state index in [0.717, 1.165) is 32.1 Å². The Labute approximate surface area is 151 Å². The molecule has 3 rings (SSSR count). The number of nitrogens with one attached hydrogen (secondary N) is 2. The van der Waals surface area contributed by atoms with Crippen LogP contribution in [0.3, 0.4) is 0 Å². The van der Waals surface area contributed by atoms with Gasteiger partial charge in [-0.25, -0.2) is 0 Å². The third kappa shape index (κ3) is 4.38. The minimum absolute atomic E-state index is 0.0953. The largest absolute Gasteiger partial charge is 0.416 e. The number of hydrogen-bond acceptors (Lipinski definition) is 3. The summed E-state index contributed by atoms with van der Waals surface area (Å²) in [6, 6.07) is 4.84. The Bertz CT molecular complexity index is 629. The van der Waals surface area contributed by atoms with Gasteiger partial charge < -0.3 is 15.4 Å². The maximum absolute atomic E-state index is 13.2. The average molecular weight is 370 g/mol. The van der Waals surface area contributed by atoms with Crippen molar-refractivity contribution in [1.82, 2.24) is 10.6 Å². The zero-order chi connectivity index (χ0) is 18.7. The second kappa shape index (κ2) is 7.96. The lowest BCUT2D eigenvalue weighted by Crippen LogP contribution is -2.49. The molecule has 1 aromatic carbocycles. The van der Waals surface area contributed by atoms with Crippen LogP contribution in [0.4, 0.5) is 13.2 Å². The van der Waals surface area contributed by atoms with Crippen molar-refractivity contribution in [3.05, 3.63) is 35.4 Å². The Hall–Kier alpha value is -1.60. The number of piperidine rings is 1. The van der Waals surface area contributed by atoms with Gasteiger partial charge in [0.2, 0.25) is 5.91 Å². The van der Waals surface area contributed by atoms with Gasteiger partial charge in [-0.05, 0) is 50.8 Å². The highest BCUT2D eigenvalue weighted by atomic mass is 19.4. The summed E-state index contributed by atoms with van der Waals surface area (Å²) in [6.07, 6.45) is -0.942. The minimum atomic E-state index is -4.44. The van der Waals surface area contributed by atoms with Crippen molar-refractivity contribution < 1.29 is 22.7 Å². The van der Waals surface area contributed by atoms with Crippen LogP contribution >= 0.6 is 0 Å². The SMILES string of the molecule is CC(NC(=O)C1CCNC(C2CCCO2)C1)c1ccccc1C(F)(F)F. The first kappa shape index (κ1) is 19.2. The molecule has 4 nitrogen and oxygen atoms in total. The molecule has 0 spiro atoms. The predicted molar refractivity (Wildman–Crippen MR) is 91.5 cm³/mol. The van der Waals surface area contributed by atoms with E-state index in [-0.39, 0.29) is 29.5 Å². The molecule has 0 saturated carbocycles. The van der Waals surface area contributed by atoms with E-state index in [0.29, 0.717) is 12.8 Å². The van der Waals surface area contributed by atoms with Crippen molar-refractivity contribution in [3.63, 3.8) is 0 Å². The van der Waals surface area contributed by atoms with Crippen LogP contribution in [0.2, 0.25) is 0 Å². The molecular formula is C19H25F3N2O2. The normalized spacial score (nSPS) is 27.9. The fourth-order valence-electron chi connectivity index (χ4n) is 3.93. The van der Waals surface area contributed by atoms with Gasteiger partial charge in [-0.3, -0.25) is 4.79 Å². The Balaban J connectivity index is 1.64. The Kier molecular flexibility index (Phi) is 5.87. The first-order valence-corrected chi connectivity index (χ1v) is 9.17. The highest BCUT2D eigenvalue weighted by Gasteiger charge is 2.36. The summed E-state index contributed by atoms with van der Waals surface area (Å²) < 4.78 is 45.3. The Morgan fingerprint density at radius 2 is 2.08 bits per heavy atom. The van der Waals surface area contributed by atoms with Gasteiger partial charge in [0, 0.05) is 18.6 Å². The highest BCUT2D eigenvalue weighted by Crippen LogP contribution is 2.34. The number of ether oxygens (including phenoxy) is 1. The van der Waals surface area contributed by atoms with E-state index in [1.54, 1.807) is 13.0 Å². The zero-order valence-corrected chi connectivity index (χ0v) is 14.8. The van der Waals surface area contributed by atoms with Gasteiger partial charge >= 0.3 is 6.18 Å². The van der Waals surface area contributed by atoms with Crippen LogP contribution < -0.4 is 10.6 Å². The van der Waals surface area contributed by atoms with Gasteiger partial charge in [-0.1, -0.05) is 18.2 Å². The summed E-state index contributed by atoms with van der Waals surface area (Å²) in [4.78, 5) is 12.6. The topological polar surface area (TPSA) is 50.4 Å². The first-order chi connectivity index (χ1) is 12.4. The standard InChI is InChI=1S/C19H25F3N2O2/c1-12(14-5-2-3-6-15(14)19(20,21)22)24-18(25)13-8-9-23-16(11-13)17-7-4-10-26-17/h2-3,5-6,12-13,16-17,23H,4,7-11H2,1H3,(H,24,25). The molecule has 2 heterocycles. The number of alkyl halides is 3. The molecule has 7 heteroatoms. The summed E-state index contributed by atoms with van der Waals surface area (Å²) in [5.74, 6) is -0.384. The first-order valence-electron chi connectivity index (χ1n) is 9.17. The van der Waals surface area contributed by atoms with Crippen LogP contribution in [0.25, 0.3) is 0 Å². The van der Waals surface area contributed by atoms with Crippen LogP contribution in [-0.4, -0.2) is 31.2 Å². The van der Waals surface area contributed by atoms with E-state index in [2.05, 4.69) is 10.6 Å². The molecule has 0 bridgehead atoms. The number of carbonyl (C=O) groups excluding carboxylic acids is 1. The van der Waals surface area contributed by atoms with E-state index in [1.807, 2.05) is 0 Å². The van der Waals surface area contributed by atoms with Gasteiger partial charge in [0.15, 0.2) is 0 Å². The maximum Gasteiger partial charge on any atom is 0.416 e. The molecule has 2 N–H and O–H groups in total. The smallest absolute Gasteiger partial charge is 0.377 e. The molecule has 2 aliphatic rings. The summed E-state index contributed by atoms with van der Waals surface area (Å²) in [6.45, 7) is 3.07. The quantitative estimate of drug-likeness (QED) is 0.854. The lowest BCUT2D eigenvalue weighted by atomic mass is 9.88. The fourth-order valence-corrected chi connectivity index (χ4v) is 3.93. The molecule has 144 valence electrons. The third-order valence-electron chi connectivity index (χ3n) is 5.31. The summed E-state index contributed by atoms with van der Waals surface area (Å²) >= 11 is 0. The lowest BCUT2D eigenvalue weighted by molar-refractivity contribution is -0.139. The van der Waals surface area contributed by atoms with Gasteiger partial charge in [0.1, 0.15) is 0 Å². The molecule has 0 aliphatic carbocycles. The van der Waals surface area contributed by atoms with Crippen LogP contribution in [0.5, 0.6) is 0 Å². The molecule has 1 amide bonds. The van der Waals surface area contributed by atoms with Crippen molar-refractivity contribution in [1.29, 1.82) is 0 Å². The predicted octanol–water partition coefficient (Wildman–Crippen LogP) is 3.43. The van der Waals surface area contributed by atoms with Crippen LogP contribution in [0.1, 0.15) is 49.8 Å². The van der Waals surface area contributed by atoms with Crippen molar-refractivity contribution in [3.8, 4) is 0 Å². The molecule has 1 aromatic rings. The molecule has 0 radical (unpaired) electrons. The van der Waals surface area contributed by atoms with Crippen molar-refractivity contribution >= 4 is 5.91 Å². The van der Waals surface area contributed by atoms with Crippen LogP contribution in [-0.2, 0) is 15.7 Å². The number of hydrogen-bond donors (Lipinski definition) is 2. The van der Waals surface area contributed by atoms with E-state index in [1.165, 1.54) is 12.1 Å². The van der Waals surface area contributed by atoms with E-state index >= 15 is 0 Å². The number of amides is 1. The zero-order valence-electron chi connectivity index (χ0n) is 14.8. The fraction of sp³-hybridized carbons (Fsp3) is 0.632. The number of halogens is 3. The van der Waals surface area contributed by atoms with Crippen LogP contribution in [0.15, 0.2) is 24.3 Å². The maximum atomic E-state index is 13.2. The monoisotopic (exact) mass is 370 g/mol. The van der Waals surface area contributed by atoms with Crippen molar-refractivity contribution in [2.24, 2.45) is 5.92 Å². The van der Waals surface area contributed by atoms with Crippen molar-refractivity contribution in [2.75, 3.05) is 13.2 Å². The van der Waals surface area contributed by atoms with E-state index in [9.17, 15) is 18.0 Å². The molecule has 2 saturated heterocycles. The second-order valence-electron chi connectivity index (χ2n) is 7.15. The summed E-state index contributed by atoms with van der Waals surface area (Å²) in [7, 11) is 0. The molecular weight excluding hydrogens is 345 g/mol. The second-order valence-corrected chi connectivity index (χ2v) is 7.15. The Morgan fingerprint density at radius 1 is 1.31 bits per heavy atom. The van der Waals surface area contributed by atoms with Crippen molar-refractivity contribution in [2.45, 2.75) is 57.0 Å². The molecule has 2 fully saturated rings. The van der Waals surface area contributed by atoms with Gasteiger partial charge in [-0.2, -0.15) is 13.2 Å². The number of rotatable bonds is 4. The third-order valence-corrected chi connectivity index (χ3v) is 5.31. The van der Waals surface area contributed by atoms with E-state index in [4.69, 9.17) is 4.74 Å². The molecule has 0 aromatic heterocycles. The Morgan fingerprint density at radius 3 is 2.77 bits per heavy atom. The molecule has 26 heavy (non-hydrogen) atoms. The lowest BCUT2D eigenvalue weighted by Gasteiger charge is -2.33. The number of carbonyl (C=O) groups is 1. The van der Waals surface area contributed by atoms with E-state index < -0.39 is 17.8 Å². The highest BCUT2D eigenvalue weighted by molar-refractivity contribution is 5.79. The molecule has 4 unspecified atom stereocenters. The van der Waals surface area contributed by atoms with Gasteiger partial charge in [0.25, 0.3) is 0 Å². The summed E-state index contributed by atoms with van der Waals surface area (Å²) in [5.41, 5.74) is -0.603. The van der Waals surface area contributed by atoms with Gasteiger partial charge in [-0.15, -0.1) is 0 Å². The summed E-state index contributed by atoms with van der Waals surface area (Å²) in [5, 5.41) is 6.19. The van der Waals surface area contributed by atoms with Crippen LogP contribution in [0, 0.1) is 5.92 Å². The average Bonchev–Trinajstić information content (AvgIpc) is 3.16. The molecule has 2 aliphatic heterocycles. The minimum Gasteiger partial charge on any atom is -0.377 e. The number of benzene rings is 1. The molecule has 4 atom stereocenters. The van der Waals surface area contributed by atoms with Gasteiger partial charge in [0.05, 0.1) is 17.7 Å².